The molecule has 11 heteroatoms. The molecule has 1 aromatic rings. The molecular weight excluding hydrogens is 340 g/mol. The van der Waals surface area contributed by atoms with E-state index in [-0.39, 0.29) is 0 Å². The number of ether oxygens (including phenoxy) is 4. The fraction of sp³-hybridized carbons (Fsp3) is 0.500. The van der Waals surface area contributed by atoms with Crippen molar-refractivity contribution in [2.45, 2.75) is 44.5 Å². The van der Waals surface area contributed by atoms with Gasteiger partial charge >= 0.3 is 23.6 Å². The van der Waals surface area contributed by atoms with Gasteiger partial charge in [-0.15, -0.1) is 0 Å². The number of carbonyl (C=O) groups excluding carboxylic acids is 3. The van der Waals surface area contributed by atoms with Crippen LogP contribution >= 0.6 is 0 Å². The molecule has 11 nitrogen and oxygen atoms in total. The van der Waals surface area contributed by atoms with Crippen LogP contribution < -0.4 is 11.2 Å². The van der Waals surface area contributed by atoms with E-state index in [4.69, 9.17) is 18.9 Å². The second-order valence-corrected chi connectivity index (χ2v) is 5.51. The summed E-state index contributed by atoms with van der Waals surface area (Å²) in [5.41, 5.74) is -1.42. The van der Waals surface area contributed by atoms with E-state index in [0.29, 0.717) is 0 Å². The summed E-state index contributed by atoms with van der Waals surface area (Å²) in [6.45, 7) is 2.25. The van der Waals surface area contributed by atoms with E-state index >= 15 is 0 Å². The molecule has 5 unspecified atom stereocenters. The lowest BCUT2D eigenvalue weighted by Crippen LogP contribution is -2.40. The van der Waals surface area contributed by atoms with Crippen LogP contribution in [-0.4, -0.2) is 51.9 Å². The normalized spacial score (nSPS) is 30.5. The quantitative estimate of drug-likeness (QED) is 0.492. The van der Waals surface area contributed by atoms with E-state index in [2.05, 4.69) is 0 Å². The summed E-state index contributed by atoms with van der Waals surface area (Å²) in [6, 6.07) is 1.08. The molecule has 25 heavy (non-hydrogen) atoms. The minimum Gasteiger partial charge on any atom is -0.454 e. The van der Waals surface area contributed by atoms with E-state index in [9.17, 15) is 24.0 Å². The molecule has 0 amide bonds. The average Bonchev–Trinajstić information content (AvgIpc) is 2.97. The van der Waals surface area contributed by atoms with Crippen LogP contribution in [0.3, 0.4) is 0 Å². The summed E-state index contributed by atoms with van der Waals surface area (Å²) in [5, 5.41) is 0. The lowest BCUT2D eigenvalue weighted by molar-refractivity contribution is -0.174. The summed E-state index contributed by atoms with van der Waals surface area (Å²) in [6.07, 6.45) is -4.64. The molecule has 1 aromatic heterocycles. The number of nitrogens with one attached hydrogen (secondary N) is 1. The molecule has 3 rings (SSSR count). The number of H-pyrrole nitrogens is 1. The zero-order chi connectivity index (χ0) is 18.3. The first-order valence-electron chi connectivity index (χ1n) is 7.30. The van der Waals surface area contributed by atoms with Crippen LogP contribution in [0, 0.1) is 0 Å². The Bertz CT molecular complexity index is 841. The van der Waals surface area contributed by atoms with Gasteiger partial charge in [0.2, 0.25) is 6.10 Å². The van der Waals surface area contributed by atoms with E-state index < -0.39 is 59.8 Å². The predicted octanol–water partition coefficient (Wildman–Crippen LogP) is -1.78. The lowest BCUT2D eigenvalue weighted by Gasteiger charge is -2.22. The number of hydrogen-bond acceptors (Lipinski definition) is 9. The van der Waals surface area contributed by atoms with Crippen molar-refractivity contribution in [3.05, 3.63) is 33.1 Å². The Balaban J connectivity index is 1.97. The van der Waals surface area contributed by atoms with Gasteiger partial charge in [-0.3, -0.25) is 23.9 Å². The van der Waals surface area contributed by atoms with Crippen LogP contribution in [0.15, 0.2) is 21.9 Å². The maximum Gasteiger partial charge on any atom is 0.350 e. The minimum absolute atomic E-state index is 0.618. The Morgan fingerprint density at radius 1 is 1.12 bits per heavy atom. The third-order valence-electron chi connectivity index (χ3n) is 3.73. The number of aromatic amines is 1. The molecule has 0 bridgehead atoms. The highest BCUT2D eigenvalue weighted by atomic mass is 16.7. The largest absolute Gasteiger partial charge is 0.454 e. The zero-order valence-electron chi connectivity index (χ0n) is 13.2. The number of hydrogen-bond donors (Lipinski definition) is 1. The van der Waals surface area contributed by atoms with E-state index in [1.165, 1.54) is 0 Å². The minimum atomic E-state index is -1.34. The first-order chi connectivity index (χ1) is 11.8. The number of fused-ring (bicyclic) bond motifs is 1. The monoisotopic (exact) mass is 354 g/mol. The Morgan fingerprint density at radius 2 is 1.80 bits per heavy atom. The standard InChI is InChI=1S/C14H14N2O9/c1-5(17)22-10-8-9(11(13(20)25-8)23-6(2)18)24-12(10)16-4-3-7(19)15-14(16)21/h3-4,8-12H,1-2H3,(H,15,19,21). The molecule has 0 aliphatic carbocycles. The summed E-state index contributed by atoms with van der Waals surface area (Å²) in [7, 11) is 0. The third-order valence-corrected chi connectivity index (χ3v) is 3.73. The lowest BCUT2D eigenvalue weighted by atomic mass is 10.1. The van der Waals surface area contributed by atoms with Gasteiger partial charge in [-0.1, -0.05) is 0 Å². The molecule has 0 spiro atoms. The van der Waals surface area contributed by atoms with Gasteiger partial charge in [-0.25, -0.2) is 9.59 Å². The molecule has 1 N–H and O–H groups in total. The molecule has 0 radical (unpaired) electrons. The van der Waals surface area contributed by atoms with E-state index in [0.717, 1.165) is 30.7 Å². The second kappa shape index (κ2) is 6.16. The van der Waals surface area contributed by atoms with Gasteiger partial charge in [0.25, 0.3) is 5.56 Å². The molecule has 2 aliphatic heterocycles. The fourth-order valence-corrected chi connectivity index (χ4v) is 2.84. The van der Waals surface area contributed by atoms with Crippen molar-refractivity contribution >= 4 is 17.9 Å². The molecule has 5 atom stereocenters. The van der Waals surface area contributed by atoms with Crippen molar-refractivity contribution in [2.24, 2.45) is 0 Å². The van der Waals surface area contributed by atoms with Crippen molar-refractivity contribution < 1.29 is 33.3 Å². The van der Waals surface area contributed by atoms with Crippen LogP contribution in [-0.2, 0) is 33.3 Å². The summed E-state index contributed by atoms with van der Waals surface area (Å²) < 4.78 is 21.8. The highest BCUT2D eigenvalue weighted by Gasteiger charge is 2.61. The van der Waals surface area contributed by atoms with Crippen LogP contribution in [0.5, 0.6) is 0 Å². The van der Waals surface area contributed by atoms with E-state index in [1.807, 2.05) is 4.98 Å². The van der Waals surface area contributed by atoms with E-state index in [1.54, 1.807) is 0 Å². The second-order valence-electron chi connectivity index (χ2n) is 5.51. The highest BCUT2D eigenvalue weighted by Crippen LogP contribution is 2.39. The first-order valence-corrected chi connectivity index (χ1v) is 7.30. The number of esters is 3. The summed E-state index contributed by atoms with van der Waals surface area (Å²) in [5.74, 6) is -2.25. The number of carbonyl (C=O) groups is 3. The Morgan fingerprint density at radius 3 is 2.40 bits per heavy atom. The van der Waals surface area contributed by atoms with Gasteiger partial charge in [0.15, 0.2) is 18.4 Å². The molecule has 0 saturated carbocycles. The topological polar surface area (TPSA) is 143 Å². The van der Waals surface area contributed by atoms with Crippen molar-refractivity contribution in [2.75, 3.05) is 0 Å². The highest BCUT2D eigenvalue weighted by molar-refractivity contribution is 5.81. The van der Waals surface area contributed by atoms with Gasteiger partial charge in [-0.05, 0) is 0 Å². The Hall–Kier alpha value is -2.95. The maximum atomic E-state index is 12.0. The van der Waals surface area contributed by atoms with Gasteiger partial charge in [-0.2, -0.15) is 0 Å². The van der Waals surface area contributed by atoms with Crippen LogP contribution in [0.4, 0.5) is 0 Å². The summed E-state index contributed by atoms with van der Waals surface area (Å²) in [4.78, 5) is 59.7. The smallest absolute Gasteiger partial charge is 0.350 e. The molecule has 2 fully saturated rings. The molecular formula is C14H14N2O9. The van der Waals surface area contributed by atoms with Gasteiger partial charge in [0.05, 0.1) is 0 Å². The molecule has 3 heterocycles. The van der Waals surface area contributed by atoms with Crippen molar-refractivity contribution in [3.63, 3.8) is 0 Å². The van der Waals surface area contributed by atoms with Crippen molar-refractivity contribution in [1.82, 2.24) is 9.55 Å². The first kappa shape index (κ1) is 16.9. The van der Waals surface area contributed by atoms with Crippen molar-refractivity contribution in [3.8, 4) is 0 Å². The third kappa shape index (κ3) is 3.05. The average molecular weight is 354 g/mol. The Labute approximate surface area is 139 Å². The Kier molecular flexibility index (Phi) is 4.17. The van der Waals surface area contributed by atoms with Gasteiger partial charge < -0.3 is 18.9 Å². The maximum absolute atomic E-state index is 12.0. The molecule has 0 aromatic carbocycles. The zero-order valence-corrected chi connectivity index (χ0v) is 13.2. The molecule has 2 saturated heterocycles. The predicted molar refractivity (Wildman–Crippen MR) is 76.2 cm³/mol. The molecule has 2 aliphatic rings. The molecule has 134 valence electrons. The SMILES string of the molecule is CC(=O)OC1C(=O)OC2C1OC(n1ccc(=O)[nH]c1=O)C2OC(C)=O. The number of rotatable bonds is 3. The van der Waals surface area contributed by atoms with Crippen LogP contribution in [0.2, 0.25) is 0 Å². The van der Waals surface area contributed by atoms with Crippen LogP contribution in [0.25, 0.3) is 0 Å². The van der Waals surface area contributed by atoms with Crippen molar-refractivity contribution in [1.29, 1.82) is 0 Å². The van der Waals surface area contributed by atoms with Gasteiger partial charge in [0, 0.05) is 26.1 Å². The summed E-state index contributed by atoms with van der Waals surface area (Å²) >= 11 is 0. The fourth-order valence-electron chi connectivity index (χ4n) is 2.84. The number of nitrogens with zero attached hydrogens (tertiary/aromatic N) is 1. The van der Waals surface area contributed by atoms with Gasteiger partial charge in [0.1, 0.15) is 6.10 Å². The van der Waals surface area contributed by atoms with Crippen LogP contribution in [0.1, 0.15) is 20.1 Å². The number of aromatic nitrogens is 2.